The fourth-order valence-corrected chi connectivity index (χ4v) is 5.80. The molecule has 0 fully saturated rings. The van der Waals surface area contributed by atoms with Crippen molar-refractivity contribution < 1.29 is 26.4 Å². The molecular formula is C23H30N4O6S2. The maximum absolute atomic E-state index is 13.0. The summed E-state index contributed by atoms with van der Waals surface area (Å²) >= 11 is 0. The van der Waals surface area contributed by atoms with E-state index in [0.717, 1.165) is 11.1 Å². The number of carbonyl (C=O) groups excluding carboxylic acids is 2. The van der Waals surface area contributed by atoms with Gasteiger partial charge < -0.3 is 10.2 Å². The molecule has 12 heteroatoms. The highest BCUT2D eigenvalue weighted by Gasteiger charge is 2.30. The number of fused-ring (bicyclic) bond motifs is 1. The second kappa shape index (κ2) is 10.4. The van der Waals surface area contributed by atoms with Crippen LogP contribution in [0.3, 0.4) is 0 Å². The predicted octanol–water partition coefficient (Wildman–Crippen LogP) is 0.905. The molecule has 4 N–H and O–H groups in total. The van der Waals surface area contributed by atoms with E-state index in [9.17, 15) is 26.4 Å². The number of hydrogen-bond donors (Lipinski definition) is 3. The molecule has 2 aromatic carbocycles. The molecule has 0 radical (unpaired) electrons. The zero-order chi connectivity index (χ0) is 26.0. The van der Waals surface area contributed by atoms with E-state index in [-0.39, 0.29) is 28.2 Å². The van der Waals surface area contributed by atoms with Crippen molar-refractivity contribution in [2.45, 2.75) is 49.4 Å². The van der Waals surface area contributed by atoms with Gasteiger partial charge in [0.15, 0.2) is 0 Å². The highest BCUT2D eigenvalue weighted by atomic mass is 32.2. The first-order valence-electron chi connectivity index (χ1n) is 11.1. The molecule has 0 spiro atoms. The Hall–Kier alpha value is -2.80. The van der Waals surface area contributed by atoms with Crippen molar-refractivity contribution in [1.82, 2.24) is 10.0 Å². The van der Waals surface area contributed by atoms with E-state index in [1.165, 1.54) is 25.1 Å². The summed E-state index contributed by atoms with van der Waals surface area (Å²) in [5.74, 6) is -0.885. The Balaban J connectivity index is 1.65. The van der Waals surface area contributed by atoms with Gasteiger partial charge in [0.05, 0.1) is 9.79 Å². The van der Waals surface area contributed by atoms with Crippen molar-refractivity contribution in [3.8, 4) is 0 Å². The Bertz CT molecular complexity index is 1320. The van der Waals surface area contributed by atoms with Crippen molar-refractivity contribution in [2.24, 2.45) is 11.1 Å². The topological polar surface area (TPSA) is 156 Å². The number of amides is 2. The van der Waals surface area contributed by atoms with Crippen LogP contribution in [0.1, 0.15) is 31.9 Å². The van der Waals surface area contributed by atoms with Gasteiger partial charge in [-0.1, -0.05) is 26.0 Å². The Labute approximate surface area is 206 Å². The number of nitrogens with zero attached hydrogens (tertiary/aromatic N) is 1. The average molecular weight is 523 g/mol. The highest BCUT2D eigenvalue weighted by Crippen LogP contribution is 2.30. The highest BCUT2D eigenvalue weighted by molar-refractivity contribution is 7.89. The van der Waals surface area contributed by atoms with Crippen LogP contribution in [0.5, 0.6) is 0 Å². The number of sulfonamides is 2. The van der Waals surface area contributed by atoms with Gasteiger partial charge in [0.2, 0.25) is 31.9 Å². The lowest BCUT2D eigenvalue weighted by Gasteiger charge is -2.22. The van der Waals surface area contributed by atoms with E-state index in [1.807, 2.05) is 0 Å². The average Bonchev–Trinajstić information content (AvgIpc) is 3.20. The standard InChI is InChI=1S/C23H30N4O6S2/c1-15(2)22(23(29)25-12-10-17-4-6-19(7-5-17)34(24,30)31)26-35(32,33)20-8-9-21-18(14-20)11-13-27(21)16(3)28/h4-9,14-15,22,26H,10-13H2,1-3H3,(H,25,29)(H2,24,30,31)/t22-/m1/s1. The van der Waals surface area contributed by atoms with Gasteiger partial charge in [0.1, 0.15) is 6.04 Å². The summed E-state index contributed by atoms with van der Waals surface area (Å²) in [5.41, 5.74) is 2.26. The number of hydrogen-bond acceptors (Lipinski definition) is 6. The van der Waals surface area contributed by atoms with Crippen LogP contribution < -0.4 is 20.1 Å². The number of rotatable bonds is 9. The lowest BCUT2D eigenvalue weighted by Crippen LogP contribution is -2.49. The van der Waals surface area contributed by atoms with E-state index in [2.05, 4.69) is 10.0 Å². The summed E-state index contributed by atoms with van der Waals surface area (Å²) in [6, 6.07) is 9.60. The number of nitrogens with one attached hydrogen (secondary N) is 2. The van der Waals surface area contributed by atoms with Crippen LogP contribution in [0, 0.1) is 5.92 Å². The molecule has 1 aliphatic rings. The van der Waals surface area contributed by atoms with E-state index in [1.54, 1.807) is 43.0 Å². The number of carbonyl (C=O) groups is 2. The Morgan fingerprint density at radius 2 is 1.66 bits per heavy atom. The lowest BCUT2D eigenvalue weighted by molar-refractivity contribution is -0.123. The first-order valence-corrected chi connectivity index (χ1v) is 14.2. The molecule has 3 rings (SSSR count). The van der Waals surface area contributed by atoms with Gasteiger partial charge in [0.25, 0.3) is 0 Å². The van der Waals surface area contributed by atoms with E-state index < -0.39 is 32.0 Å². The maximum Gasteiger partial charge on any atom is 0.241 e. The zero-order valence-corrected chi connectivity index (χ0v) is 21.4. The third kappa shape index (κ3) is 6.45. The quantitative estimate of drug-likeness (QED) is 0.444. The first-order chi connectivity index (χ1) is 16.3. The summed E-state index contributed by atoms with van der Waals surface area (Å²) < 4.78 is 51.3. The number of primary sulfonamides is 1. The molecule has 35 heavy (non-hydrogen) atoms. The molecule has 0 saturated heterocycles. The lowest BCUT2D eigenvalue weighted by atomic mass is 10.0. The summed E-state index contributed by atoms with van der Waals surface area (Å²) in [6.07, 6.45) is 0.982. The second-order valence-electron chi connectivity index (χ2n) is 8.78. The Morgan fingerprint density at radius 1 is 1.03 bits per heavy atom. The smallest absolute Gasteiger partial charge is 0.241 e. The van der Waals surface area contributed by atoms with Crippen LogP contribution in [-0.4, -0.2) is 47.8 Å². The molecule has 0 aliphatic carbocycles. The molecule has 0 unspecified atom stereocenters. The molecule has 1 atom stereocenters. The third-order valence-electron chi connectivity index (χ3n) is 5.83. The number of benzene rings is 2. The third-order valence-corrected chi connectivity index (χ3v) is 8.20. The van der Waals surface area contributed by atoms with Crippen molar-refractivity contribution in [3.05, 3.63) is 53.6 Å². The van der Waals surface area contributed by atoms with Crippen LogP contribution in [-0.2, 0) is 42.5 Å². The largest absolute Gasteiger partial charge is 0.354 e. The molecule has 0 saturated carbocycles. The van der Waals surface area contributed by atoms with Gasteiger partial charge in [-0.05, 0) is 60.2 Å². The molecule has 2 amide bonds. The van der Waals surface area contributed by atoms with Crippen LogP contribution in [0.25, 0.3) is 0 Å². The van der Waals surface area contributed by atoms with Crippen LogP contribution in [0.4, 0.5) is 5.69 Å². The van der Waals surface area contributed by atoms with Crippen molar-refractivity contribution in [3.63, 3.8) is 0 Å². The van der Waals surface area contributed by atoms with E-state index in [0.29, 0.717) is 25.1 Å². The van der Waals surface area contributed by atoms with Gasteiger partial charge >= 0.3 is 0 Å². The second-order valence-corrected chi connectivity index (χ2v) is 12.1. The van der Waals surface area contributed by atoms with Crippen LogP contribution in [0.2, 0.25) is 0 Å². The fraction of sp³-hybridized carbons (Fsp3) is 0.391. The zero-order valence-electron chi connectivity index (χ0n) is 19.8. The molecule has 190 valence electrons. The number of anilines is 1. The molecule has 2 aromatic rings. The Morgan fingerprint density at radius 3 is 2.23 bits per heavy atom. The number of nitrogens with two attached hydrogens (primary N) is 1. The van der Waals surface area contributed by atoms with Gasteiger partial charge in [-0.15, -0.1) is 0 Å². The minimum absolute atomic E-state index is 0.000112. The summed E-state index contributed by atoms with van der Waals surface area (Å²) in [4.78, 5) is 26.2. The van der Waals surface area contributed by atoms with Crippen LogP contribution in [0.15, 0.2) is 52.3 Å². The van der Waals surface area contributed by atoms with E-state index >= 15 is 0 Å². The summed E-state index contributed by atoms with van der Waals surface area (Å²) in [5, 5.41) is 7.83. The molecule has 10 nitrogen and oxygen atoms in total. The molecular weight excluding hydrogens is 492 g/mol. The van der Waals surface area contributed by atoms with Gasteiger partial charge in [0, 0.05) is 25.7 Å². The molecule has 1 aliphatic heterocycles. The van der Waals surface area contributed by atoms with Gasteiger partial charge in [-0.25, -0.2) is 22.0 Å². The minimum Gasteiger partial charge on any atom is -0.354 e. The summed E-state index contributed by atoms with van der Waals surface area (Å²) in [6.45, 7) is 5.69. The summed E-state index contributed by atoms with van der Waals surface area (Å²) in [7, 11) is -7.76. The monoisotopic (exact) mass is 522 g/mol. The first kappa shape index (κ1) is 26.8. The molecule has 1 heterocycles. The predicted molar refractivity (Wildman–Crippen MR) is 132 cm³/mol. The SMILES string of the molecule is CC(=O)N1CCc2cc(S(=O)(=O)N[C@@H](C(=O)NCCc3ccc(S(N)(=O)=O)cc3)C(C)C)ccc21. The maximum atomic E-state index is 13.0. The van der Waals surface area contributed by atoms with Gasteiger partial charge in [-0.2, -0.15) is 4.72 Å². The van der Waals surface area contributed by atoms with Crippen molar-refractivity contribution in [2.75, 3.05) is 18.0 Å². The van der Waals surface area contributed by atoms with Gasteiger partial charge in [-0.3, -0.25) is 9.59 Å². The van der Waals surface area contributed by atoms with Crippen LogP contribution >= 0.6 is 0 Å². The minimum atomic E-state index is -3.99. The molecule has 0 aromatic heterocycles. The Kier molecular flexibility index (Phi) is 8.00. The van der Waals surface area contributed by atoms with E-state index in [4.69, 9.17) is 5.14 Å². The normalized spacial score (nSPS) is 14.6. The molecule has 0 bridgehead atoms. The van der Waals surface area contributed by atoms with Crippen molar-refractivity contribution in [1.29, 1.82) is 0 Å². The fourth-order valence-electron chi connectivity index (χ4n) is 3.89. The van der Waals surface area contributed by atoms with Crippen molar-refractivity contribution >= 4 is 37.5 Å².